The molecule has 0 spiro atoms. The van der Waals surface area contributed by atoms with Gasteiger partial charge in [-0.25, -0.2) is 0 Å². The van der Waals surface area contributed by atoms with Gasteiger partial charge in [-0.05, 0) is 80.9 Å². The van der Waals surface area contributed by atoms with Gasteiger partial charge in [-0.1, -0.05) is 83.4 Å². The fourth-order valence-corrected chi connectivity index (χ4v) is 8.32. The molecule has 0 aromatic heterocycles. The number of ketones is 1. The first-order chi connectivity index (χ1) is 16.7. The SMILES string of the molecule is C=C1C[C@@H]2[C@H](CC[C@]3(C)[C@@H](OC(=O)CCCCCCCCCC)CC[C@@H]23)[C@@]2(C)C(C)=CC(=O)C=C12. The van der Waals surface area contributed by atoms with E-state index in [4.69, 9.17) is 4.74 Å². The van der Waals surface area contributed by atoms with Crippen LogP contribution in [0.2, 0.25) is 0 Å². The molecule has 35 heavy (non-hydrogen) atoms. The second kappa shape index (κ2) is 10.8. The standard InChI is InChI=1S/C32H48O3/c1-6-7-8-9-10-11-12-13-14-30(34)35-29-16-15-26-25-19-22(2)28-21-24(33)20-23(3)32(28,5)27(25)17-18-31(26,29)4/h20-21,25-27,29H,2,6-19H2,1,3-5H3/t25-,26-,27-,29-,31-,32+/m0/s1. The quantitative estimate of drug-likeness (QED) is 0.233. The van der Waals surface area contributed by atoms with Crippen LogP contribution in [0.1, 0.15) is 118 Å². The van der Waals surface area contributed by atoms with Crippen molar-refractivity contribution < 1.29 is 14.3 Å². The molecule has 6 atom stereocenters. The Morgan fingerprint density at radius 3 is 2.40 bits per heavy atom. The Bertz CT molecular complexity index is 894. The van der Waals surface area contributed by atoms with Crippen LogP contribution >= 0.6 is 0 Å². The van der Waals surface area contributed by atoms with Gasteiger partial charge in [0.15, 0.2) is 5.78 Å². The fraction of sp³-hybridized carbons (Fsp3) is 0.750. The molecule has 0 aliphatic heterocycles. The predicted molar refractivity (Wildman–Crippen MR) is 143 cm³/mol. The summed E-state index contributed by atoms with van der Waals surface area (Å²) in [6, 6.07) is 0. The number of rotatable bonds is 10. The summed E-state index contributed by atoms with van der Waals surface area (Å²) >= 11 is 0. The van der Waals surface area contributed by atoms with E-state index in [0.717, 1.165) is 50.5 Å². The number of carbonyl (C=O) groups is 2. The summed E-state index contributed by atoms with van der Waals surface area (Å²) in [4.78, 5) is 25.0. The highest BCUT2D eigenvalue weighted by Crippen LogP contribution is 2.66. The number of fused-ring (bicyclic) bond motifs is 5. The average Bonchev–Trinajstić information content (AvgIpc) is 3.14. The zero-order valence-electron chi connectivity index (χ0n) is 22.8. The number of hydrogen-bond donors (Lipinski definition) is 0. The maximum absolute atomic E-state index is 12.8. The molecule has 3 fully saturated rings. The Hall–Kier alpha value is -1.64. The molecule has 3 saturated carbocycles. The third-order valence-electron chi connectivity index (χ3n) is 10.5. The minimum Gasteiger partial charge on any atom is -0.462 e. The van der Waals surface area contributed by atoms with E-state index in [1.165, 1.54) is 49.7 Å². The molecule has 0 amide bonds. The predicted octanol–water partition coefficient (Wildman–Crippen LogP) is 8.29. The van der Waals surface area contributed by atoms with Gasteiger partial charge < -0.3 is 4.74 Å². The molecule has 3 nitrogen and oxygen atoms in total. The van der Waals surface area contributed by atoms with E-state index >= 15 is 0 Å². The molecular formula is C32H48O3. The van der Waals surface area contributed by atoms with Crippen molar-refractivity contribution in [2.45, 2.75) is 124 Å². The van der Waals surface area contributed by atoms with E-state index < -0.39 is 0 Å². The van der Waals surface area contributed by atoms with Crippen LogP contribution in [0.3, 0.4) is 0 Å². The molecule has 0 heterocycles. The summed E-state index contributed by atoms with van der Waals surface area (Å²) < 4.78 is 6.19. The fourth-order valence-electron chi connectivity index (χ4n) is 8.32. The highest BCUT2D eigenvalue weighted by atomic mass is 16.5. The maximum Gasteiger partial charge on any atom is 0.306 e. The number of carbonyl (C=O) groups excluding carboxylic acids is 2. The van der Waals surface area contributed by atoms with E-state index in [1.54, 1.807) is 0 Å². The van der Waals surface area contributed by atoms with Crippen LogP contribution in [0.5, 0.6) is 0 Å². The summed E-state index contributed by atoms with van der Waals surface area (Å²) in [6.45, 7) is 13.6. The van der Waals surface area contributed by atoms with Crippen LogP contribution in [-0.2, 0) is 14.3 Å². The van der Waals surface area contributed by atoms with Crippen molar-refractivity contribution in [3.63, 3.8) is 0 Å². The average molecular weight is 481 g/mol. The summed E-state index contributed by atoms with van der Waals surface area (Å²) in [6.07, 6.45) is 19.6. The molecular weight excluding hydrogens is 432 g/mol. The van der Waals surface area contributed by atoms with Crippen molar-refractivity contribution in [3.8, 4) is 0 Å². The molecule has 194 valence electrons. The van der Waals surface area contributed by atoms with E-state index in [2.05, 4.69) is 34.3 Å². The van der Waals surface area contributed by atoms with E-state index in [-0.39, 0.29) is 28.7 Å². The molecule has 0 N–H and O–H groups in total. The van der Waals surface area contributed by atoms with Crippen molar-refractivity contribution in [2.24, 2.45) is 28.6 Å². The lowest BCUT2D eigenvalue weighted by atomic mass is 9.46. The highest BCUT2D eigenvalue weighted by molar-refractivity contribution is 6.02. The van der Waals surface area contributed by atoms with Gasteiger partial charge in [-0.3, -0.25) is 9.59 Å². The van der Waals surface area contributed by atoms with Crippen LogP contribution in [0, 0.1) is 28.6 Å². The number of ether oxygens (including phenoxy) is 1. The molecule has 0 aromatic carbocycles. The summed E-state index contributed by atoms with van der Waals surface area (Å²) in [5, 5.41) is 0. The summed E-state index contributed by atoms with van der Waals surface area (Å²) in [7, 11) is 0. The minimum absolute atomic E-state index is 0.0137. The van der Waals surface area contributed by atoms with Crippen molar-refractivity contribution in [3.05, 3.63) is 35.5 Å². The number of hydrogen-bond acceptors (Lipinski definition) is 3. The molecule has 0 saturated heterocycles. The third-order valence-corrected chi connectivity index (χ3v) is 10.5. The maximum atomic E-state index is 12.8. The number of allylic oxidation sites excluding steroid dienone is 5. The Balaban J connectivity index is 1.34. The molecule has 4 aliphatic carbocycles. The van der Waals surface area contributed by atoms with Crippen molar-refractivity contribution in [2.75, 3.05) is 0 Å². The minimum atomic E-state index is -0.0828. The topological polar surface area (TPSA) is 43.4 Å². The smallest absolute Gasteiger partial charge is 0.306 e. The van der Waals surface area contributed by atoms with Gasteiger partial charge in [-0.15, -0.1) is 0 Å². The first-order valence-electron chi connectivity index (χ1n) is 14.5. The van der Waals surface area contributed by atoms with Crippen LogP contribution in [0.15, 0.2) is 35.5 Å². The van der Waals surface area contributed by atoms with Crippen LogP contribution in [-0.4, -0.2) is 17.9 Å². The van der Waals surface area contributed by atoms with Gasteiger partial charge >= 0.3 is 5.97 Å². The lowest BCUT2D eigenvalue weighted by Gasteiger charge is -2.58. The molecule has 0 bridgehead atoms. The molecule has 0 aromatic rings. The summed E-state index contributed by atoms with van der Waals surface area (Å²) in [5.41, 5.74) is 3.51. The lowest BCUT2D eigenvalue weighted by Crippen LogP contribution is -2.52. The molecule has 3 heteroatoms. The van der Waals surface area contributed by atoms with Gasteiger partial charge in [0.1, 0.15) is 6.10 Å². The van der Waals surface area contributed by atoms with E-state index in [0.29, 0.717) is 24.2 Å². The summed E-state index contributed by atoms with van der Waals surface area (Å²) in [5.74, 6) is 1.77. The number of unbranched alkanes of at least 4 members (excludes halogenated alkanes) is 7. The van der Waals surface area contributed by atoms with Gasteiger partial charge in [0.25, 0.3) is 0 Å². The first-order valence-corrected chi connectivity index (χ1v) is 14.5. The second-order valence-electron chi connectivity index (χ2n) is 12.5. The van der Waals surface area contributed by atoms with Crippen molar-refractivity contribution in [1.29, 1.82) is 0 Å². The largest absolute Gasteiger partial charge is 0.462 e. The van der Waals surface area contributed by atoms with Gasteiger partial charge in [0.2, 0.25) is 0 Å². The Morgan fingerprint density at radius 1 is 1.00 bits per heavy atom. The monoisotopic (exact) mass is 480 g/mol. The second-order valence-corrected chi connectivity index (χ2v) is 12.5. The Morgan fingerprint density at radius 2 is 1.69 bits per heavy atom. The van der Waals surface area contributed by atoms with Crippen molar-refractivity contribution in [1.82, 2.24) is 0 Å². The zero-order chi connectivity index (χ0) is 25.2. The van der Waals surface area contributed by atoms with Gasteiger partial charge in [-0.2, -0.15) is 0 Å². The number of esters is 1. The van der Waals surface area contributed by atoms with Crippen LogP contribution in [0.25, 0.3) is 0 Å². The highest BCUT2D eigenvalue weighted by Gasteiger charge is 2.61. The lowest BCUT2D eigenvalue weighted by molar-refractivity contribution is -0.159. The normalized spacial score (nSPS) is 36.1. The molecule has 4 rings (SSSR count). The first kappa shape index (κ1) is 26.4. The van der Waals surface area contributed by atoms with E-state index in [1.807, 2.05) is 12.2 Å². The van der Waals surface area contributed by atoms with Gasteiger partial charge in [0.05, 0.1) is 0 Å². The molecule has 4 aliphatic rings. The molecule has 0 unspecified atom stereocenters. The van der Waals surface area contributed by atoms with Crippen molar-refractivity contribution >= 4 is 11.8 Å². The van der Waals surface area contributed by atoms with Gasteiger partial charge in [0, 0.05) is 17.3 Å². The van der Waals surface area contributed by atoms with Crippen LogP contribution in [0.4, 0.5) is 0 Å². The third kappa shape index (κ3) is 4.98. The molecule has 0 radical (unpaired) electrons. The van der Waals surface area contributed by atoms with Crippen LogP contribution < -0.4 is 0 Å². The Labute approximate surface area is 213 Å². The zero-order valence-corrected chi connectivity index (χ0v) is 22.8. The van der Waals surface area contributed by atoms with E-state index in [9.17, 15) is 9.59 Å². The Kier molecular flexibility index (Phi) is 8.13.